The lowest BCUT2D eigenvalue weighted by atomic mass is 9.96. The number of hydrogen-bond donors (Lipinski definition) is 0. The number of pyridine rings is 2. The minimum Gasteiger partial charge on any atom is -0.300 e. The molecule has 0 bridgehead atoms. The monoisotopic (exact) mass is 939 g/mol. The molecule has 4 rings (SSSR count). The van der Waals surface area contributed by atoms with Gasteiger partial charge < -0.3 is 0 Å². The van der Waals surface area contributed by atoms with Crippen molar-refractivity contribution >= 4 is 28.9 Å². The van der Waals surface area contributed by atoms with E-state index in [1.54, 1.807) is 37.6 Å². The minimum absolute atomic E-state index is 0.0184. The summed E-state index contributed by atoms with van der Waals surface area (Å²) >= 11 is 0. The van der Waals surface area contributed by atoms with Crippen molar-refractivity contribution < 1.29 is 24.0 Å². The van der Waals surface area contributed by atoms with Crippen LogP contribution in [0.4, 0.5) is 0 Å². The van der Waals surface area contributed by atoms with Gasteiger partial charge in [0.15, 0.2) is 17.3 Å². The van der Waals surface area contributed by atoms with Crippen LogP contribution >= 0.6 is 0 Å². The molecule has 3 heterocycles. The lowest BCUT2D eigenvalue weighted by Crippen LogP contribution is -2.10. The third-order valence-electron chi connectivity index (χ3n) is 9.64. The zero-order valence-electron chi connectivity index (χ0n) is 46.6. The first kappa shape index (κ1) is 67.2. The van der Waals surface area contributed by atoms with Crippen molar-refractivity contribution in [3.63, 3.8) is 0 Å². The highest BCUT2D eigenvalue weighted by Crippen LogP contribution is 2.19. The second-order valence-electron chi connectivity index (χ2n) is 20.6. The van der Waals surface area contributed by atoms with Gasteiger partial charge in [-0.15, -0.1) is 0 Å². The standard InChI is InChI=1S/C13H18O.2C12H17NO.C9H18O.C5H10O.C4H4N2.C4H10/c1-9(2)11-6-5-7-12(8-11)13(14)10(3)4;1-8(2)10-5-11(7-13-6-10)12(14)9(3)4;1-8(2)10-6-5-7-11(13-10)12(14)9(3)4;1-7(2)5-6-9(10)8(3)4;1-4(2)5(3)6;1-2-5-4-6-3-1;1-4(2)3/h5-10H,1-4H3;2*5-9H,1-4H3;7-8H,5-6H2,1-4H3;4H,1-3H3;1-4H;4H,1-3H3. The van der Waals surface area contributed by atoms with Crippen molar-refractivity contribution in [1.29, 1.82) is 0 Å². The van der Waals surface area contributed by atoms with Gasteiger partial charge in [-0.05, 0) is 84.4 Å². The molecule has 4 aromatic rings. The molecule has 0 atom stereocenters. The van der Waals surface area contributed by atoms with Crippen LogP contribution < -0.4 is 0 Å². The number of nitrogens with zero attached hydrogens (tertiary/aromatic N) is 4. The van der Waals surface area contributed by atoms with Crippen molar-refractivity contribution in [3.05, 3.63) is 119 Å². The quantitative estimate of drug-likeness (QED) is 0.113. The summed E-state index contributed by atoms with van der Waals surface area (Å²) in [5.74, 6) is 4.50. The van der Waals surface area contributed by atoms with Crippen LogP contribution in [0.1, 0.15) is 231 Å². The Morgan fingerprint density at radius 2 is 0.926 bits per heavy atom. The van der Waals surface area contributed by atoms with E-state index >= 15 is 0 Å². The van der Waals surface area contributed by atoms with E-state index in [9.17, 15) is 24.0 Å². The Kier molecular flexibility index (Phi) is 37.4. The summed E-state index contributed by atoms with van der Waals surface area (Å²) < 4.78 is 0. The Morgan fingerprint density at radius 3 is 1.29 bits per heavy atom. The first-order valence-electron chi connectivity index (χ1n) is 24.8. The number of carbonyl (C=O) groups is 5. The number of benzene rings is 1. The van der Waals surface area contributed by atoms with E-state index in [1.165, 1.54) is 11.9 Å². The molecule has 0 aliphatic carbocycles. The van der Waals surface area contributed by atoms with Crippen molar-refractivity contribution in [2.24, 2.45) is 41.4 Å². The van der Waals surface area contributed by atoms with E-state index in [0.29, 0.717) is 35.1 Å². The topological polar surface area (TPSA) is 137 Å². The molecule has 380 valence electrons. The van der Waals surface area contributed by atoms with Crippen molar-refractivity contribution in [1.82, 2.24) is 19.9 Å². The third-order valence-corrected chi connectivity index (χ3v) is 9.64. The molecule has 0 aliphatic heterocycles. The van der Waals surface area contributed by atoms with Crippen LogP contribution in [0.3, 0.4) is 0 Å². The van der Waals surface area contributed by atoms with E-state index in [0.717, 1.165) is 41.1 Å². The van der Waals surface area contributed by atoms with Gasteiger partial charge in [-0.1, -0.05) is 170 Å². The summed E-state index contributed by atoms with van der Waals surface area (Å²) in [6, 6.07) is 17.3. The molecule has 0 radical (unpaired) electrons. The fourth-order valence-electron chi connectivity index (χ4n) is 4.80. The maximum absolute atomic E-state index is 11.7. The third kappa shape index (κ3) is 34.3. The average Bonchev–Trinajstić information content (AvgIpc) is 3.28. The van der Waals surface area contributed by atoms with E-state index < -0.39 is 0 Å². The Morgan fingerprint density at radius 1 is 0.471 bits per heavy atom. The summed E-state index contributed by atoms with van der Waals surface area (Å²) in [5, 5.41) is 0. The molecule has 9 heteroatoms. The van der Waals surface area contributed by atoms with Crippen LogP contribution in [-0.2, 0) is 9.59 Å². The first-order chi connectivity index (χ1) is 31.5. The smallest absolute Gasteiger partial charge is 0.183 e. The molecule has 0 unspecified atom stereocenters. The molecule has 0 saturated heterocycles. The van der Waals surface area contributed by atoms with Crippen LogP contribution in [0.5, 0.6) is 0 Å². The summed E-state index contributed by atoms with van der Waals surface area (Å²) in [6.07, 6.45) is 10.1. The summed E-state index contributed by atoms with van der Waals surface area (Å²) in [4.78, 5) is 72.0. The molecule has 68 heavy (non-hydrogen) atoms. The molecule has 0 aliphatic rings. The van der Waals surface area contributed by atoms with Gasteiger partial charge in [-0.25, -0.2) is 15.0 Å². The number of Topliss-reactive ketones (excluding diaryl/α,β-unsaturated/α-hetero) is 5. The van der Waals surface area contributed by atoms with E-state index in [1.807, 2.05) is 112 Å². The van der Waals surface area contributed by atoms with Crippen LogP contribution in [0.25, 0.3) is 0 Å². The summed E-state index contributed by atoms with van der Waals surface area (Å²) in [6.45, 7) is 44.2. The van der Waals surface area contributed by atoms with Gasteiger partial charge in [-0.3, -0.25) is 29.0 Å². The highest BCUT2D eigenvalue weighted by molar-refractivity contribution is 5.98. The molecular weight excluding hydrogens is 845 g/mol. The molecule has 0 N–H and O–H groups in total. The average molecular weight is 939 g/mol. The molecule has 0 saturated carbocycles. The highest BCUT2D eigenvalue weighted by atomic mass is 16.1. The number of carbonyl (C=O) groups excluding carboxylic acids is 5. The van der Waals surface area contributed by atoms with Crippen molar-refractivity contribution in [2.45, 2.75) is 183 Å². The molecule has 0 spiro atoms. The molecular formula is C59H94N4O5. The number of ketones is 5. The van der Waals surface area contributed by atoms with Gasteiger partial charge in [-0.2, -0.15) is 0 Å². The normalized spacial score (nSPS) is 10.5. The second kappa shape index (κ2) is 37.9. The molecule has 0 amide bonds. The van der Waals surface area contributed by atoms with Crippen LogP contribution in [-0.4, -0.2) is 48.9 Å². The first-order valence-corrected chi connectivity index (χ1v) is 24.8. The predicted molar refractivity (Wildman–Crippen MR) is 287 cm³/mol. The number of hydrogen-bond acceptors (Lipinski definition) is 9. The summed E-state index contributed by atoms with van der Waals surface area (Å²) in [5.41, 5.74) is 5.49. The van der Waals surface area contributed by atoms with Gasteiger partial charge in [0.1, 0.15) is 23.6 Å². The highest BCUT2D eigenvalue weighted by Gasteiger charge is 2.14. The molecule has 9 nitrogen and oxygen atoms in total. The van der Waals surface area contributed by atoms with Crippen molar-refractivity contribution in [2.75, 3.05) is 0 Å². The zero-order valence-corrected chi connectivity index (χ0v) is 46.6. The Balaban J connectivity index is -0.000000752. The Labute approximate surface area is 415 Å². The van der Waals surface area contributed by atoms with Gasteiger partial charge in [0, 0.05) is 77.6 Å². The van der Waals surface area contributed by atoms with Crippen LogP contribution in [0, 0.1) is 41.4 Å². The predicted octanol–water partition coefficient (Wildman–Crippen LogP) is 15.8. The minimum atomic E-state index is 0.0184. The Bertz CT molecular complexity index is 1790. The maximum atomic E-state index is 11.7. The second-order valence-corrected chi connectivity index (χ2v) is 20.6. The van der Waals surface area contributed by atoms with Gasteiger partial charge in [0.2, 0.25) is 0 Å². The molecule has 1 aromatic carbocycles. The lowest BCUT2D eigenvalue weighted by Gasteiger charge is -2.08. The van der Waals surface area contributed by atoms with Crippen LogP contribution in [0.2, 0.25) is 0 Å². The Hall–Kier alpha value is -5.05. The van der Waals surface area contributed by atoms with Crippen LogP contribution in [0.15, 0.2) is 85.7 Å². The van der Waals surface area contributed by atoms with Crippen molar-refractivity contribution in [3.8, 4) is 0 Å². The number of aromatic nitrogens is 4. The SMILES string of the molecule is CC(=O)C(C)C.CC(C)C.CC(C)C(=O)c1cccc(C(C)C)c1.CC(C)C(=O)c1cccc(C(C)C)n1.CC(C)C(=O)c1cncc(C(C)C)c1.CC(C)CCC(=O)C(C)C.c1cncnc1. The van der Waals surface area contributed by atoms with E-state index in [2.05, 4.69) is 102 Å². The van der Waals surface area contributed by atoms with Gasteiger partial charge in [0.25, 0.3) is 0 Å². The van der Waals surface area contributed by atoms with Gasteiger partial charge in [0.05, 0.1) is 0 Å². The maximum Gasteiger partial charge on any atom is 0.183 e. The fourth-order valence-corrected chi connectivity index (χ4v) is 4.80. The zero-order chi connectivity index (χ0) is 53.3. The van der Waals surface area contributed by atoms with E-state index in [4.69, 9.17) is 0 Å². The fraction of sp³-hybridized carbons (Fsp3) is 0.576. The molecule has 3 aromatic heterocycles. The molecule has 0 fully saturated rings. The largest absolute Gasteiger partial charge is 0.300 e. The lowest BCUT2D eigenvalue weighted by molar-refractivity contribution is -0.122. The number of rotatable bonds is 14. The van der Waals surface area contributed by atoms with E-state index in [-0.39, 0.29) is 52.7 Å². The summed E-state index contributed by atoms with van der Waals surface area (Å²) in [7, 11) is 0. The van der Waals surface area contributed by atoms with Gasteiger partial charge >= 0.3 is 0 Å².